The number of anilines is 1. The average Bonchev–Trinajstić information content (AvgIpc) is 2.67. The topological polar surface area (TPSA) is 78.7 Å². The highest BCUT2D eigenvalue weighted by molar-refractivity contribution is 5.94. The first-order chi connectivity index (χ1) is 12.5. The van der Waals surface area contributed by atoms with Gasteiger partial charge in [0.2, 0.25) is 0 Å². The number of hydrogen-bond donors (Lipinski definition) is 2. The third-order valence-electron chi connectivity index (χ3n) is 4.43. The van der Waals surface area contributed by atoms with Crippen molar-refractivity contribution < 1.29 is 14.0 Å². The highest BCUT2D eigenvalue weighted by Gasteiger charge is 2.22. The number of carbonyl (C=O) groups excluding carboxylic acids is 2. The summed E-state index contributed by atoms with van der Waals surface area (Å²) in [7, 11) is 0. The number of nitrogens with zero attached hydrogens (tertiary/aromatic N) is 2. The smallest absolute Gasteiger partial charge is 0.312 e. The van der Waals surface area contributed by atoms with E-state index in [1.807, 2.05) is 4.90 Å². The maximum absolute atomic E-state index is 13.0. The van der Waals surface area contributed by atoms with E-state index < -0.39 is 6.03 Å². The molecule has 0 saturated carbocycles. The first-order valence-electron chi connectivity index (χ1n) is 8.45. The van der Waals surface area contributed by atoms with Gasteiger partial charge in [0.05, 0.1) is 0 Å². The number of hydrogen-bond acceptors (Lipinski definition) is 3. The molecule has 136 valence electrons. The minimum absolute atomic E-state index is 0.0156. The van der Waals surface area contributed by atoms with E-state index in [9.17, 15) is 14.0 Å². The van der Waals surface area contributed by atoms with Crippen LogP contribution in [0.15, 0.2) is 48.5 Å². The Bertz CT molecular complexity index is 769. The molecule has 2 aromatic rings. The van der Waals surface area contributed by atoms with E-state index in [0.717, 1.165) is 11.3 Å². The van der Waals surface area contributed by atoms with Crippen molar-refractivity contribution in [1.82, 2.24) is 10.2 Å². The Morgan fingerprint density at radius 3 is 2.15 bits per heavy atom. The molecular formula is C19H21FN4O2. The molecule has 0 spiro atoms. The number of nitrogens with one attached hydrogen (secondary N) is 1. The van der Waals surface area contributed by atoms with Gasteiger partial charge in [-0.05, 0) is 42.0 Å². The Balaban J connectivity index is 1.56. The van der Waals surface area contributed by atoms with Crippen molar-refractivity contribution in [3.63, 3.8) is 0 Å². The van der Waals surface area contributed by atoms with Crippen molar-refractivity contribution in [2.45, 2.75) is 6.54 Å². The summed E-state index contributed by atoms with van der Waals surface area (Å²) >= 11 is 0. The number of carbonyl (C=O) groups is 2. The van der Waals surface area contributed by atoms with Crippen LogP contribution in [0.2, 0.25) is 0 Å². The highest BCUT2D eigenvalue weighted by atomic mass is 19.1. The lowest BCUT2D eigenvalue weighted by molar-refractivity contribution is 0.0746. The van der Waals surface area contributed by atoms with E-state index in [2.05, 4.69) is 10.2 Å². The van der Waals surface area contributed by atoms with Crippen molar-refractivity contribution in [2.24, 2.45) is 5.73 Å². The third kappa shape index (κ3) is 4.30. The van der Waals surface area contributed by atoms with Gasteiger partial charge in [-0.3, -0.25) is 4.79 Å². The van der Waals surface area contributed by atoms with Gasteiger partial charge in [-0.2, -0.15) is 0 Å². The van der Waals surface area contributed by atoms with Crippen LogP contribution in [-0.2, 0) is 6.54 Å². The minimum atomic E-state index is -0.579. The summed E-state index contributed by atoms with van der Waals surface area (Å²) in [4.78, 5) is 27.3. The summed E-state index contributed by atoms with van der Waals surface area (Å²) in [5.41, 5.74) is 7.50. The molecule has 0 radical (unpaired) electrons. The SMILES string of the molecule is NC(=O)NCc1ccc(C(=O)N2CCN(c3ccc(F)cc3)CC2)cc1. The van der Waals surface area contributed by atoms with Crippen LogP contribution in [0, 0.1) is 5.82 Å². The number of piperazine rings is 1. The summed E-state index contributed by atoms with van der Waals surface area (Å²) in [5, 5.41) is 2.51. The van der Waals surface area contributed by atoms with Crippen LogP contribution in [-0.4, -0.2) is 43.0 Å². The van der Waals surface area contributed by atoms with Gasteiger partial charge in [0.25, 0.3) is 5.91 Å². The maximum atomic E-state index is 13.0. The van der Waals surface area contributed by atoms with Crippen LogP contribution >= 0.6 is 0 Å². The number of rotatable bonds is 4. The summed E-state index contributed by atoms with van der Waals surface area (Å²) < 4.78 is 13.0. The summed E-state index contributed by atoms with van der Waals surface area (Å²) in [5.74, 6) is -0.268. The van der Waals surface area contributed by atoms with E-state index in [1.54, 1.807) is 36.4 Å². The van der Waals surface area contributed by atoms with E-state index >= 15 is 0 Å². The number of nitrogens with two attached hydrogens (primary N) is 1. The van der Waals surface area contributed by atoms with E-state index in [-0.39, 0.29) is 11.7 Å². The monoisotopic (exact) mass is 356 g/mol. The normalized spacial score (nSPS) is 14.2. The molecule has 0 bridgehead atoms. The average molecular weight is 356 g/mol. The lowest BCUT2D eigenvalue weighted by Gasteiger charge is -2.36. The first-order valence-corrected chi connectivity index (χ1v) is 8.45. The van der Waals surface area contributed by atoms with Crippen LogP contribution in [0.25, 0.3) is 0 Å². The van der Waals surface area contributed by atoms with Gasteiger partial charge in [0, 0.05) is 44.0 Å². The van der Waals surface area contributed by atoms with Crippen LogP contribution in [0.3, 0.4) is 0 Å². The molecule has 1 saturated heterocycles. The molecule has 3 rings (SSSR count). The van der Waals surface area contributed by atoms with Crippen LogP contribution in [0.5, 0.6) is 0 Å². The maximum Gasteiger partial charge on any atom is 0.312 e. The van der Waals surface area contributed by atoms with Gasteiger partial charge in [0.15, 0.2) is 0 Å². The second-order valence-electron chi connectivity index (χ2n) is 6.17. The first kappa shape index (κ1) is 17.7. The number of halogens is 1. The van der Waals surface area contributed by atoms with Crippen molar-refractivity contribution in [2.75, 3.05) is 31.1 Å². The quantitative estimate of drug-likeness (QED) is 0.879. The lowest BCUT2D eigenvalue weighted by atomic mass is 10.1. The van der Waals surface area contributed by atoms with Gasteiger partial charge >= 0.3 is 6.03 Å². The predicted molar refractivity (Wildman–Crippen MR) is 97.4 cm³/mol. The largest absolute Gasteiger partial charge is 0.368 e. The highest BCUT2D eigenvalue weighted by Crippen LogP contribution is 2.18. The van der Waals surface area contributed by atoms with Crippen LogP contribution < -0.4 is 16.0 Å². The van der Waals surface area contributed by atoms with Crippen LogP contribution in [0.4, 0.5) is 14.9 Å². The molecule has 0 unspecified atom stereocenters. The summed E-state index contributed by atoms with van der Waals surface area (Å²) in [6, 6.07) is 12.9. The third-order valence-corrected chi connectivity index (χ3v) is 4.43. The molecule has 3 N–H and O–H groups in total. The Hall–Kier alpha value is -3.09. The summed E-state index contributed by atoms with van der Waals surface area (Å²) in [6.07, 6.45) is 0. The standard InChI is InChI=1S/C19H21FN4O2/c20-16-5-7-17(8-6-16)23-9-11-24(12-10-23)18(25)15-3-1-14(2-4-15)13-22-19(21)26/h1-8H,9-13H2,(H3,21,22,26). The molecule has 1 heterocycles. The predicted octanol–water partition coefficient (Wildman–Crippen LogP) is 1.96. The van der Waals surface area contributed by atoms with Crippen molar-refractivity contribution >= 4 is 17.6 Å². The summed E-state index contributed by atoms with van der Waals surface area (Å²) in [6.45, 7) is 2.97. The van der Waals surface area contributed by atoms with Crippen LogP contribution in [0.1, 0.15) is 15.9 Å². The number of primary amides is 1. The van der Waals surface area contributed by atoms with Gasteiger partial charge in [-0.1, -0.05) is 12.1 Å². The zero-order valence-electron chi connectivity index (χ0n) is 14.3. The van der Waals surface area contributed by atoms with Gasteiger partial charge in [-0.15, -0.1) is 0 Å². The zero-order valence-corrected chi connectivity index (χ0v) is 14.3. The zero-order chi connectivity index (χ0) is 18.5. The fraction of sp³-hybridized carbons (Fsp3) is 0.263. The number of benzene rings is 2. The molecule has 26 heavy (non-hydrogen) atoms. The molecule has 1 aliphatic heterocycles. The molecular weight excluding hydrogens is 335 g/mol. The fourth-order valence-corrected chi connectivity index (χ4v) is 2.96. The molecule has 6 nitrogen and oxygen atoms in total. The fourth-order valence-electron chi connectivity index (χ4n) is 2.96. The molecule has 0 atom stereocenters. The molecule has 7 heteroatoms. The number of urea groups is 1. The molecule has 2 aromatic carbocycles. The van der Waals surface area contributed by atoms with Gasteiger partial charge < -0.3 is 20.9 Å². The lowest BCUT2D eigenvalue weighted by Crippen LogP contribution is -2.48. The second kappa shape index (κ2) is 7.86. The van der Waals surface area contributed by atoms with Gasteiger partial charge in [0.1, 0.15) is 5.82 Å². The molecule has 3 amide bonds. The molecule has 0 aromatic heterocycles. The molecule has 1 aliphatic rings. The molecule has 1 fully saturated rings. The molecule has 0 aliphatic carbocycles. The van der Waals surface area contributed by atoms with E-state index in [4.69, 9.17) is 5.73 Å². The van der Waals surface area contributed by atoms with E-state index in [0.29, 0.717) is 38.3 Å². The van der Waals surface area contributed by atoms with Crippen molar-refractivity contribution in [1.29, 1.82) is 0 Å². The van der Waals surface area contributed by atoms with Gasteiger partial charge in [-0.25, -0.2) is 9.18 Å². The number of amides is 3. The Morgan fingerprint density at radius 1 is 0.962 bits per heavy atom. The van der Waals surface area contributed by atoms with Crippen molar-refractivity contribution in [3.05, 3.63) is 65.5 Å². The minimum Gasteiger partial charge on any atom is -0.368 e. The Morgan fingerprint density at radius 2 is 1.58 bits per heavy atom. The Labute approximate surface area is 151 Å². The van der Waals surface area contributed by atoms with Crippen molar-refractivity contribution in [3.8, 4) is 0 Å². The van der Waals surface area contributed by atoms with E-state index in [1.165, 1.54) is 12.1 Å². The Kier molecular flexibility index (Phi) is 5.36. The second-order valence-corrected chi connectivity index (χ2v) is 6.17.